The van der Waals surface area contributed by atoms with Gasteiger partial charge in [0.15, 0.2) is 5.60 Å². The number of nitrogens with one attached hydrogen (secondary N) is 2. The number of ether oxygens (including phenoxy) is 1. The first-order chi connectivity index (χ1) is 17.9. The molecule has 2 amide bonds. The van der Waals surface area contributed by atoms with E-state index in [2.05, 4.69) is 10.6 Å². The molecule has 1 atom stereocenters. The molecule has 0 spiro atoms. The highest BCUT2D eigenvalue weighted by Crippen LogP contribution is 2.48. The number of amides is 2. The van der Waals surface area contributed by atoms with Crippen LogP contribution in [0.15, 0.2) is 48.5 Å². The van der Waals surface area contributed by atoms with Gasteiger partial charge in [0.2, 0.25) is 5.91 Å². The van der Waals surface area contributed by atoms with Crippen molar-refractivity contribution in [1.82, 2.24) is 15.5 Å². The molecule has 1 fully saturated rings. The summed E-state index contributed by atoms with van der Waals surface area (Å²) in [5, 5.41) is 6.45. The monoisotopic (exact) mass is 553 g/mol. The van der Waals surface area contributed by atoms with Gasteiger partial charge in [-0.25, -0.2) is 0 Å². The zero-order valence-corrected chi connectivity index (χ0v) is 22.7. The number of benzene rings is 2. The van der Waals surface area contributed by atoms with E-state index in [1.165, 1.54) is 12.1 Å². The molecular formula is C28H35ClF3N3O3. The van der Waals surface area contributed by atoms with Crippen LogP contribution in [0.3, 0.4) is 0 Å². The zero-order chi connectivity index (χ0) is 28.0. The Balaban J connectivity index is 1.62. The number of likely N-dealkylation sites (N-methyl/N-ethyl adjacent to an activating group) is 1. The lowest BCUT2D eigenvalue weighted by molar-refractivity contribution is -0.138. The van der Waals surface area contributed by atoms with Crippen LogP contribution in [0.25, 0.3) is 0 Å². The van der Waals surface area contributed by atoms with Crippen LogP contribution in [0.2, 0.25) is 5.02 Å². The highest BCUT2D eigenvalue weighted by Gasteiger charge is 2.51. The summed E-state index contributed by atoms with van der Waals surface area (Å²) in [7, 11) is 1.93. The van der Waals surface area contributed by atoms with Gasteiger partial charge in [0, 0.05) is 24.7 Å². The summed E-state index contributed by atoms with van der Waals surface area (Å²) < 4.78 is 44.8. The molecule has 1 aliphatic rings. The molecule has 2 aromatic rings. The van der Waals surface area contributed by atoms with Gasteiger partial charge in [0.1, 0.15) is 5.75 Å². The van der Waals surface area contributed by atoms with Crippen molar-refractivity contribution in [3.8, 4) is 5.75 Å². The van der Waals surface area contributed by atoms with Crippen LogP contribution >= 0.6 is 11.6 Å². The van der Waals surface area contributed by atoms with Crippen LogP contribution < -0.4 is 15.4 Å². The second-order valence-electron chi connectivity index (χ2n) is 9.96. The van der Waals surface area contributed by atoms with Gasteiger partial charge in [-0.1, -0.05) is 30.7 Å². The summed E-state index contributed by atoms with van der Waals surface area (Å²) in [4.78, 5) is 28.1. The molecule has 2 aromatic carbocycles. The first kappa shape index (κ1) is 29.8. The Labute approximate surface area is 226 Å². The fourth-order valence-electron chi connectivity index (χ4n) is 4.23. The van der Waals surface area contributed by atoms with Crippen molar-refractivity contribution in [2.45, 2.75) is 56.7 Å². The first-order valence-corrected chi connectivity index (χ1v) is 13.1. The van der Waals surface area contributed by atoms with Gasteiger partial charge in [0.05, 0.1) is 11.0 Å². The Hall–Kier alpha value is -2.78. The van der Waals surface area contributed by atoms with Gasteiger partial charge in [-0.15, -0.1) is 0 Å². The van der Waals surface area contributed by atoms with E-state index in [0.717, 1.165) is 37.1 Å². The average Bonchev–Trinajstić information content (AvgIpc) is 3.68. The molecule has 0 saturated heterocycles. The van der Waals surface area contributed by atoms with Crippen molar-refractivity contribution in [3.05, 3.63) is 64.7 Å². The van der Waals surface area contributed by atoms with Gasteiger partial charge in [-0.3, -0.25) is 9.59 Å². The fraction of sp³-hybridized carbons (Fsp3) is 0.500. The van der Waals surface area contributed by atoms with Crippen molar-refractivity contribution < 1.29 is 27.5 Å². The SMILES string of the molecule is CCN(C)CCNC(=O)C(C)(CCCNC(=O)C1(c2ccc(Cl)cc2)CC1)Oc1ccc(C(F)(F)F)cc1. The van der Waals surface area contributed by atoms with Crippen LogP contribution in [-0.2, 0) is 21.2 Å². The standard InChI is InChI=1S/C28H35ClF3N3O3/c1-4-35(3)19-18-34-24(36)26(2,38-23-12-8-21(9-13-23)28(30,31)32)14-5-17-33-25(37)27(15-16-27)20-6-10-22(29)11-7-20/h6-13H,4-5,14-19H2,1-3H3,(H,33,37)(H,34,36). The lowest BCUT2D eigenvalue weighted by Crippen LogP contribution is -2.50. The van der Waals surface area contributed by atoms with Crippen molar-refractivity contribution in [2.75, 3.05) is 33.2 Å². The van der Waals surface area contributed by atoms with Crippen LogP contribution in [0.5, 0.6) is 5.75 Å². The zero-order valence-electron chi connectivity index (χ0n) is 22.0. The predicted octanol–water partition coefficient (Wildman–Crippen LogP) is 5.19. The molecule has 0 bridgehead atoms. The van der Waals surface area contributed by atoms with Crippen molar-refractivity contribution in [3.63, 3.8) is 0 Å². The van der Waals surface area contributed by atoms with E-state index in [9.17, 15) is 22.8 Å². The fourth-order valence-corrected chi connectivity index (χ4v) is 4.35. The highest BCUT2D eigenvalue weighted by atomic mass is 35.5. The number of carbonyl (C=O) groups is 2. The number of rotatable bonds is 13. The average molecular weight is 554 g/mol. The minimum atomic E-state index is -4.46. The second-order valence-corrected chi connectivity index (χ2v) is 10.4. The minimum absolute atomic E-state index is 0.0720. The molecule has 0 heterocycles. The molecular weight excluding hydrogens is 519 g/mol. The maximum Gasteiger partial charge on any atom is 0.416 e. The van der Waals surface area contributed by atoms with E-state index >= 15 is 0 Å². The maximum atomic E-state index is 13.1. The molecule has 0 radical (unpaired) electrons. The first-order valence-electron chi connectivity index (χ1n) is 12.8. The Morgan fingerprint density at radius 1 is 1.03 bits per heavy atom. The highest BCUT2D eigenvalue weighted by molar-refractivity contribution is 6.30. The Morgan fingerprint density at radius 3 is 2.21 bits per heavy atom. The second kappa shape index (κ2) is 12.4. The normalized spacial score (nSPS) is 16.0. The number of carbonyl (C=O) groups excluding carboxylic acids is 2. The molecule has 6 nitrogen and oxygen atoms in total. The number of hydrogen-bond acceptors (Lipinski definition) is 4. The summed E-state index contributed by atoms with van der Waals surface area (Å²) in [6.07, 6.45) is -2.28. The maximum absolute atomic E-state index is 13.1. The van der Waals surface area contributed by atoms with E-state index in [4.69, 9.17) is 16.3 Å². The Bertz CT molecular complexity index is 1090. The van der Waals surface area contributed by atoms with Gasteiger partial charge >= 0.3 is 6.18 Å². The molecule has 208 valence electrons. The molecule has 3 rings (SSSR count). The van der Waals surface area contributed by atoms with Crippen molar-refractivity contribution >= 4 is 23.4 Å². The molecule has 2 N–H and O–H groups in total. The number of nitrogens with zero attached hydrogens (tertiary/aromatic N) is 1. The van der Waals surface area contributed by atoms with E-state index in [0.29, 0.717) is 31.1 Å². The molecule has 0 aromatic heterocycles. The van der Waals surface area contributed by atoms with Crippen LogP contribution in [0.4, 0.5) is 13.2 Å². The number of halogens is 4. The quantitative estimate of drug-likeness (QED) is 0.335. The van der Waals surface area contributed by atoms with Crippen LogP contribution in [-0.4, -0.2) is 55.5 Å². The van der Waals surface area contributed by atoms with E-state index in [1.807, 2.05) is 31.0 Å². The third-order valence-corrected chi connectivity index (χ3v) is 7.27. The summed E-state index contributed by atoms with van der Waals surface area (Å²) in [6.45, 7) is 5.81. The largest absolute Gasteiger partial charge is 0.478 e. The van der Waals surface area contributed by atoms with Gasteiger partial charge in [-0.05, 0) is 88.2 Å². The summed E-state index contributed by atoms with van der Waals surface area (Å²) in [5.41, 5.74) is -1.77. The smallest absolute Gasteiger partial charge is 0.416 e. The predicted molar refractivity (Wildman–Crippen MR) is 141 cm³/mol. The summed E-state index contributed by atoms with van der Waals surface area (Å²) in [6, 6.07) is 11.5. The van der Waals surface area contributed by atoms with E-state index in [-0.39, 0.29) is 24.0 Å². The molecule has 10 heteroatoms. The molecule has 1 saturated carbocycles. The van der Waals surface area contributed by atoms with Crippen LogP contribution in [0.1, 0.15) is 50.7 Å². The van der Waals surface area contributed by atoms with Gasteiger partial charge < -0.3 is 20.3 Å². The summed E-state index contributed by atoms with van der Waals surface area (Å²) in [5.74, 6) is -0.282. The molecule has 1 unspecified atom stereocenters. The van der Waals surface area contributed by atoms with E-state index in [1.54, 1.807) is 19.1 Å². The molecule has 1 aliphatic carbocycles. The Kier molecular flexibility index (Phi) is 9.70. The number of alkyl halides is 3. The van der Waals surface area contributed by atoms with Crippen molar-refractivity contribution in [2.24, 2.45) is 0 Å². The third kappa shape index (κ3) is 7.63. The third-order valence-electron chi connectivity index (χ3n) is 7.02. The van der Waals surface area contributed by atoms with Gasteiger partial charge in [0.25, 0.3) is 5.91 Å². The summed E-state index contributed by atoms with van der Waals surface area (Å²) >= 11 is 5.98. The van der Waals surface area contributed by atoms with Crippen molar-refractivity contribution in [1.29, 1.82) is 0 Å². The van der Waals surface area contributed by atoms with Crippen LogP contribution in [0, 0.1) is 0 Å². The van der Waals surface area contributed by atoms with E-state index < -0.39 is 22.8 Å². The lowest BCUT2D eigenvalue weighted by Gasteiger charge is -2.30. The topological polar surface area (TPSA) is 70.7 Å². The van der Waals surface area contributed by atoms with Gasteiger partial charge in [-0.2, -0.15) is 13.2 Å². The minimum Gasteiger partial charge on any atom is -0.478 e. The molecule has 0 aliphatic heterocycles. The Morgan fingerprint density at radius 2 is 1.66 bits per heavy atom. The number of hydrogen-bond donors (Lipinski definition) is 2. The molecule has 38 heavy (non-hydrogen) atoms. The lowest BCUT2D eigenvalue weighted by atomic mass is 9.94.